The number of hydrogen-bond donors (Lipinski definition) is 0. The lowest BCUT2D eigenvalue weighted by Gasteiger charge is -2.14. The normalized spacial score (nSPS) is 12.1. The molecular formula is C12H16O3S. The van der Waals surface area contributed by atoms with Crippen LogP contribution in [0, 0.1) is 0 Å². The van der Waals surface area contributed by atoms with Crippen molar-refractivity contribution in [3.8, 4) is 0 Å². The molecule has 0 aromatic heterocycles. The van der Waals surface area contributed by atoms with Crippen molar-refractivity contribution in [2.75, 3.05) is 13.2 Å². The Morgan fingerprint density at radius 2 is 1.94 bits per heavy atom. The van der Waals surface area contributed by atoms with Gasteiger partial charge in [0.2, 0.25) is 5.44 Å². The Kier molecular flexibility index (Phi) is 5.96. The van der Waals surface area contributed by atoms with Crippen LogP contribution < -0.4 is 0 Å². The molecule has 1 unspecified atom stereocenters. The molecule has 0 aliphatic carbocycles. The zero-order chi connectivity index (χ0) is 11.8. The van der Waals surface area contributed by atoms with Crippen LogP contribution in [0.1, 0.15) is 13.8 Å². The Labute approximate surface area is 100 Å². The van der Waals surface area contributed by atoms with Crippen LogP contribution in [0.3, 0.4) is 0 Å². The van der Waals surface area contributed by atoms with Crippen molar-refractivity contribution in [2.24, 2.45) is 0 Å². The first-order valence-corrected chi connectivity index (χ1v) is 6.15. The summed E-state index contributed by atoms with van der Waals surface area (Å²) < 4.78 is 10.3. The average Bonchev–Trinajstić information content (AvgIpc) is 2.30. The molecule has 1 aromatic rings. The molecule has 1 rings (SSSR count). The van der Waals surface area contributed by atoms with Crippen LogP contribution in [-0.2, 0) is 14.3 Å². The molecule has 4 heteroatoms. The van der Waals surface area contributed by atoms with E-state index in [4.69, 9.17) is 9.47 Å². The standard InChI is InChI=1S/C12H16O3S/c1-3-14-11(13)12(15-4-2)16-10-8-6-5-7-9-10/h5-9,12H,3-4H2,1-2H3. The Morgan fingerprint density at radius 3 is 2.50 bits per heavy atom. The van der Waals surface area contributed by atoms with Crippen molar-refractivity contribution in [1.82, 2.24) is 0 Å². The van der Waals surface area contributed by atoms with E-state index in [1.54, 1.807) is 6.92 Å². The van der Waals surface area contributed by atoms with Gasteiger partial charge in [0.25, 0.3) is 0 Å². The van der Waals surface area contributed by atoms with E-state index in [0.29, 0.717) is 13.2 Å². The molecule has 0 spiro atoms. The number of ether oxygens (including phenoxy) is 2. The molecule has 0 heterocycles. The fourth-order valence-electron chi connectivity index (χ4n) is 1.13. The lowest BCUT2D eigenvalue weighted by atomic mass is 10.4. The Hall–Kier alpha value is -1.00. The molecule has 0 fully saturated rings. The van der Waals surface area contributed by atoms with Gasteiger partial charge in [-0.2, -0.15) is 0 Å². The van der Waals surface area contributed by atoms with Gasteiger partial charge < -0.3 is 9.47 Å². The number of hydrogen-bond acceptors (Lipinski definition) is 4. The molecule has 0 radical (unpaired) electrons. The van der Waals surface area contributed by atoms with Gasteiger partial charge in [-0.05, 0) is 26.0 Å². The minimum atomic E-state index is -0.577. The van der Waals surface area contributed by atoms with Crippen LogP contribution in [-0.4, -0.2) is 24.6 Å². The first-order valence-electron chi connectivity index (χ1n) is 5.27. The van der Waals surface area contributed by atoms with E-state index in [0.717, 1.165) is 4.90 Å². The summed E-state index contributed by atoms with van der Waals surface area (Å²) >= 11 is 1.36. The molecule has 0 bridgehead atoms. The SMILES string of the molecule is CCOC(=O)C(OCC)Sc1ccccc1. The smallest absolute Gasteiger partial charge is 0.346 e. The molecule has 0 N–H and O–H groups in total. The highest BCUT2D eigenvalue weighted by molar-refractivity contribution is 8.00. The Morgan fingerprint density at radius 1 is 1.25 bits per heavy atom. The van der Waals surface area contributed by atoms with Crippen molar-refractivity contribution >= 4 is 17.7 Å². The van der Waals surface area contributed by atoms with Gasteiger partial charge in [0.15, 0.2) is 0 Å². The first kappa shape index (κ1) is 13.1. The van der Waals surface area contributed by atoms with E-state index in [1.807, 2.05) is 37.3 Å². The average molecular weight is 240 g/mol. The third-order valence-electron chi connectivity index (χ3n) is 1.78. The van der Waals surface area contributed by atoms with Crippen molar-refractivity contribution in [2.45, 2.75) is 24.2 Å². The van der Waals surface area contributed by atoms with Crippen LogP contribution in [0.15, 0.2) is 35.2 Å². The fourth-order valence-corrected chi connectivity index (χ4v) is 2.06. The number of carbonyl (C=O) groups excluding carboxylic acids is 1. The minimum Gasteiger partial charge on any atom is -0.463 e. The summed E-state index contributed by atoms with van der Waals surface area (Å²) in [5.74, 6) is -0.321. The van der Waals surface area contributed by atoms with Crippen LogP contribution in [0.5, 0.6) is 0 Å². The molecule has 1 atom stereocenters. The predicted molar refractivity (Wildman–Crippen MR) is 64.3 cm³/mol. The topological polar surface area (TPSA) is 35.5 Å². The van der Waals surface area contributed by atoms with Crippen molar-refractivity contribution in [3.05, 3.63) is 30.3 Å². The van der Waals surface area contributed by atoms with Crippen LogP contribution in [0.2, 0.25) is 0 Å². The molecule has 3 nitrogen and oxygen atoms in total. The summed E-state index contributed by atoms with van der Waals surface area (Å²) in [7, 11) is 0. The minimum absolute atomic E-state index is 0.321. The molecule has 0 saturated heterocycles. The van der Waals surface area contributed by atoms with E-state index >= 15 is 0 Å². The van der Waals surface area contributed by atoms with E-state index in [-0.39, 0.29) is 5.97 Å². The Balaban J connectivity index is 2.60. The third kappa shape index (κ3) is 4.24. The molecule has 0 aliphatic heterocycles. The second kappa shape index (κ2) is 7.30. The quantitative estimate of drug-likeness (QED) is 0.435. The second-order valence-electron chi connectivity index (χ2n) is 2.97. The zero-order valence-corrected chi connectivity index (χ0v) is 10.3. The van der Waals surface area contributed by atoms with Crippen molar-refractivity contribution in [1.29, 1.82) is 0 Å². The summed E-state index contributed by atoms with van der Waals surface area (Å²) in [6.45, 7) is 4.51. The van der Waals surface area contributed by atoms with Gasteiger partial charge in [-0.3, -0.25) is 0 Å². The van der Waals surface area contributed by atoms with E-state index < -0.39 is 5.44 Å². The monoisotopic (exact) mass is 240 g/mol. The molecule has 0 aliphatic rings. The lowest BCUT2D eigenvalue weighted by Crippen LogP contribution is -2.23. The van der Waals surface area contributed by atoms with Crippen LogP contribution in [0.25, 0.3) is 0 Å². The molecule has 0 saturated carbocycles. The van der Waals surface area contributed by atoms with Gasteiger partial charge in [-0.25, -0.2) is 4.79 Å². The summed E-state index contributed by atoms with van der Waals surface area (Å²) in [6.07, 6.45) is 0. The number of esters is 1. The number of thioether (sulfide) groups is 1. The zero-order valence-electron chi connectivity index (χ0n) is 9.51. The Bertz CT molecular complexity index is 313. The summed E-state index contributed by atoms with van der Waals surface area (Å²) in [6, 6.07) is 9.67. The lowest BCUT2D eigenvalue weighted by molar-refractivity contribution is -0.150. The molecule has 0 amide bonds. The molecular weight excluding hydrogens is 224 g/mol. The predicted octanol–water partition coefficient (Wildman–Crippen LogP) is 2.70. The van der Waals surface area contributed by atoms with Gasteiger partial charge in [-0.1, -0.05) is 30.0 Å². The van der Waals surface area contributed by atoms with Gasteiger partial charge in [0.1, 0.15) is 0 Å². The molecule has 16 heavy (non-hydrogen) atoms. The third-order valence-corrected chi connectivity index (χ3v) is 2.87. The number of carbonyl (C=O) groups is 1. The van der Waals surface area contributed by atoms with Crippen molar-refractivity contribution in [3.63, 3.8) is 0 Å². The number of benzene rings is 1. The highest BCUT2D eigenvalue weighted by Crippen LogP contribution is 2.24. The van der Waals surface area contributed by atoms with Gasteiger partial charge in [-0.15, -0.1) is 0 Å². The summed E-state index contributed by atoms with van der Waals surface area (Å²) in [5.41, 5.74) is -0.577. The van der Waals surface area contributed by atoms with Crippen LogP contribution in [0.4, 0.5) is 0 Å². The van der Waals surface area contributed by atoms with Gasteiger partial charge in [0.05, 0.1) is 6.61 Å². The van der Waals surface area contributed by atoms with E-state index in [9.17, 15) is 4.79 Å². The van der Waals surface area contributed by atoms with E-state index in [2.05, 4.69) is 0 Å². The largest absolute Gasteiger partial charge is 0.463 e. The maximum atomic E-state index is 11.6. The van der Waals surface area contributed by atoms with Gasteiger partial charge in [0, 0.05) is 11.5 Å². The maximum Gasteiger partial charge on any atom is 0.346 e. The fraction of sp³-hybridized carbons (Fsp3) is 0.417. The summed E-state index contributed by atoms with van der Waals surface area (Å²) in [4.78, 5) is 12.6. The number of rotatable bonds is 6. The van der Waals surface area contributed by atoms with E-state index in [1.165, 1.54) is 11.8 Å². The maximum absolute atomic E-state index is 11.6. The summed E-state index contributed by atoms with van der Waals surface area (Å²) in [5, 5.41) is 0. The highest BCUT2D eigenvalue weighted by Gasteiger charge is 2.20. The first-order chi connectivity index (χ1) is 7.77. The van der Waals surface area contributed by atoms with Crippen LogP contribution >= 0.6 is 11.8 Å². The van der Waals surface area contributed by atoms with Gasteiger partial charge >= 0.3 is 5.97 Å². The highest BCUT2D eigenvalue weighted by atomic mass is 32.2. The molecule has 1 aromatic carbocycles. The second-order valence-corrected chi connectivity index (χ2v) is 4.11. The van der Waals surface area contributed by atoms with Crippen molar-refractivity contribution < 1.29 is 14.3 Å². The molecule has 88 valence electrons.